The van der Waals surface area contributed by atoms with E-state index in [0.29, 0.717) is 12.5 Å². The summed E-state index contributed by atoms with van der Waals surface area (Å²) in [5.74, 6) is 1.78. The molecule has 6 heteroatoms. The van der Waals surface area contributed by atoms with E-state index in [1.165, 1.54) is 12.8 Å². The number of nitrogens with two attached hydrogens (primary N) is 1. The second-order valence-electron chi connectivity index (χ2n) is 8.58. The van der Waals surface area contributed by atoms with Crippen LogP contribution in [0, 0.1) is 11.8 Å². The fourth-order valence-electron chi connectivity index (χ4n) is 4.00. The van der Waals surface area contributed by atoms with E-state index in [1.807, 2.05) is 0 Å². The first-order valence-electron chi connectivity index (χ1n) is 9.07. The number of hydrogen-bond acceptors (Lipinski definition) is 4. The van der Waals surface area contributed by atoms with Gasteiger partial charge in [-0.2, -0.15) is 0 Å². The molecule has 2 fully saturated rings. The Morgan fingerprint density at radius 1 is 1.32 bits per heavy atom. The molecule has 3 N–H and O–H groups in total. The largest absolute Gasteiger partial charge is 0.455 e. The van der Waals surface area contributed by atoms with Crippen LogP contribution in [0.25, 0.3) is 0 Å². The highest BCUT2D eigenvalue weighted by Gasteiger charge is 2.43. The molecule has 1 saturated carbocycles. The van der Waals surface area contributed by atoms with Gasteiger partial charge in [0.15, 0.2) is 5.76 Å². The summed E-state index contributed by atoms with van der Waals surface area (Å²) in [4.78, 5) is 25.4. The molecule has 3 rings (SSSR count). The monoisotopic (exact) mass is 347 g/mol. The third kappa shape index (κ3) is 4.06. The molecule has 2 aliphatic rings. The quantitative estimate of drug-likeness (QED) is 0.853. The van der Waals surface area contributed by atoms with E-state index in [-0.39, 0.29) is 23.1 Å². The third-order valence-electron chi connectivity index (χ3n) is 5.18. The Labute approximate surface area is 149 Å². The van der Waals surface area contributed by atoms with Crippen molar-refractivity contribution in [3.8, 4) is 0 Å². The van der Waals surface area contributed by atoms with Crippen molar-refractivity contribution in [3.63, 3.8) is 0 Å². The van der Waals surface area contributed by atoms with E-state index in [9.17, 15) is 9.59 Å². The molecular weight excluding hydrogens is 318 g/mol. The van der Waals surface area contributed by atoms with Gasteiger partial charge in [0.2, 0.25) is 5.91 Å². The van der Waals surface area contributed by atoms with Crippen LogP contribution in [0.1, 0.15) is 62.4 Å². The van der Waals surface area contributed by atoms with Gasteiger partial charge in [0.25, 0.3) is 5.91 Å². The van der Waals surface area contributed by atoms with Crippen molar-refractivity contribution in [2.75, 3.05) is 13.1 Å². The highest BCUT2D eigenvalue weighted by atomic mass is 16.4. The molecule has 2 unspecified atom stereocenters. The van der Waals surface area contributed by atoms with Gasteiger partial charge < -0.3 is 15.5 Å². The van der Waals surface area contributed by atoms with Gasteiger partial charge in [-0.25, -0.2) is 0 Å². The second kappa shape index (κ2) is 6.48. The summed E-state index contributed by atoms with van der Waals surface area (Å²) in [5.41, 5.74) is 6.22. The fourth-order valence-corrected chi connectivity index (χ4v) is 4.00. The molecule has 1 saturated heterocycles. The average Bonchev–Trinajstić information content (AvgIpc) is 3.10. The third-order valence-corrected chi connectivity index (χ3v) is 5.18. The molecule has 1 aromatic rings. The summed E-state index contributed by atoms with van der Waals surface area (Å²) in [6, 6.07) is 1.99. The molecule has 1 aliphatic carbocycles. The molecule has 0 radical (unpaired) electrons. The minimum Gasteiger partial charge on any atom is -0.455 e. The molecule has 138 valence electrons. The Hall–Kier alpha value is -1.82. The maximum Gasteiger partial charge on any atom is 0.284 e. The fraction of sp³-hybridized carbons (Fsp3) is 0.684. The minimum atomic E-state index is -0.537. The van der Waals surface area contributed by atoms with Gasteiger partial charge in [-0.05, 0) is 30.7 Å². The van der Waals surface area contributed by atoms with Crippen LogP contribution in [0.4, 0.5) is 0 Å². The van der Waals surface area contributed by atoms with Gasteiger partial charge >= 0.3 is 0 Å². The zero-order chi connectivity index (χ0) is 18.4. The Morgan fingerprint density at radius 2 is 2.00 bits per heavy atom. The number of carbonyl (C=O) groups excluding carboxylic acids is 2. The van der Waals surface area contributed by atoms with Crippen LogP contribution in [-0.2, 0) is 16.8 Å². The van der Waals surface area contributed by atoms with Crippen molar-refractivity contribution in [2.24, 2.45) is 17.6 Å². The number of likely N-dealkylation sites (tertiary alicyclic amines) is 1. The molecule has 1 aromatic heterocycles. The maximum absolute atomic E-state index is 11.5. The summed E-state index contributed by atoms with van der Waals surface area (Å²) in [6.45, 7) is 10.3. The van der Waals surface area contributed by atoms with E-state index in [0.717, 1.165) is 30.3 Å². The molecule has 0 bridgehead atoms. The summed E-state index contributed by atoms with van der Waals surface area (Å²) in [6.07, 6.45) is 2.53. The number of hydrogen-bond donors (Lipinski definition) is 2. The Kier molecular flexibility index (Phi) is 4.66. The smallest absolute Gasteiger partial charge is 0.284 e. The first-order chi connectivity index (χ1) is 11.6. The number of nitrogens with one attached hydrogen (secondary N) is 1. The SMILES string of the molecule is CC(=O)NC1CN(Cc2cc(C(N)=O)oc2C(C)(C)C)CC1C1CC1. The van der Waals surface area contributed by atoms with Crippen molar-refractivity contribution in [1.29, 1.82) is 0 Å². The van der Waals surface area contributed by atoms with Crippen LogP contribution in [0.15, 0.2) is 10.5 Å². The molecule has 0 spiro atoms. The predicted molar refractivity (Wildman–Crippen MR) is 95.0 cm³/mol. The lowest BCUT2D eigenvalue weighted by molar-refractivity contribution is -0.119. The van der Waals surface area contributed by atoms with Crippen LogP contribution < -0.4 is 11.1 Å². The van der Waals surface area contributed by atoms with Gasteiger partial charge in [-0.1, -0.05) is 20.8 Å². The van der Waals surface area contributed by atoms with Crippen molar-refractivity contribution >= 4 is 11.8 Å². The molecule has 6 nitrogen and oxygen atoms in total. The highest BCUT2D eigenvalue weighted by molar-refractivity contribution is 5.90. The Balaban J connectivity index is 1.78. The number of nitrogens with zero attached hydrogens (tertiary/aromatic N) is 1. The second-order valence-corrected chi connectivity index (χ2v) is 8.58. The molecule has 2 heterocycles. The Bertz CT molecular complexity index is 670. The molecule has 0 aromatic carbocycles. The molecule has 25 heavy (non-hydrogen) atoms. The molecule has 2 amide bonds. The van der Waals surface area contributed by atoms with Gasteiger partial charge in [-0.15, -0.1) is 0 Å². The van der Waals surface area contributed by atoms with Gasteiger partial charge in [0.1, 0.15) is 5.76 Å². The normalized spacial score (nSPS) is 24.5. The number of furan rings is 1. The highest BCUT2D eigenvalue weighted by Crippen LogP contribution is 2.42. The summed E-state index contributed by atoms with van der Waals surface area (Å²) < 4.78 is 5.76. The lowest BCUT2D eigenvalue weighted by Gasteiger charge is -2.21. The number of rotatable bonds is 5. The van der Waals surface area contributed by atoms with E-state index >= 15 is 0 Å². The zero-order valence-electron chi connectivity index (χ0n) is 15.6. The average molecular weight is 347 g/mol. The number of carbonyl (C=O) groups is 2. The molecular formula is C19H29N3O3. The van der Waals surface area contributed by atoms with Crippen LogP contribution in [0.5, 0.6) is 0 Å². The van der Waals surface area contributed by atoms with Gasteiger partial charge in [0.05, 0.1) is 0 Å². The van der Waals surface area contributed by atoms with Gasteiger partial charge in [0, 0.05) is 43.6 Å². The standard InChI is InChI=1S/C19H29N3O3/c1-11(23)21-15-10-22(9-14(15)12-5-6-12)8-13-7-16(18(20)24)25-17(13)19(2,3)4/h7,12,14-15H,5-6,8-10H2,1-4H3,(H2,20,24)(H,21,23). The predicted octanol–water partition coefficient (Wildman–Crippen LogP) is 2.02. The zero-order valence-corrected chi connectivity index (χ0v) is 15.6. The Morgan fingerprint density at radius 3 is 2.52 bits per heavy atom. The minimum absolute atomic E-state index is 0.0345. The number of amides is 2. The summed E-state index contributed by atoms with van der Waals surface area (Å²) in [7, 11) is 0. The lowest BCUT2D eigenvalue weighted by atomic mass is 9.90. The first kappa shape index (κ1) is 18.0. The number of primary amides is 1. The van der Waals surface area contributed by atoms with E-state index in [4.69, 9.17) is 10.2 Å². The van der Waals surface area contributed by atoms with Crippen LogP contribution >= 0.6 is 0 Å². The van der Waals surface area contributed by atoms with Crippen molar-refractivity contribution in [3.05, 3.63) is 23.2 Å². The van der Waals surface area contributed by atoms with Crippen molar-refractivity contribution < 1.29 is 14.0 Å². The summed E-state index contributed by atoms with van der Waals surface area (Å²) >= 11 is 0. The van der Waals surface area contributed by atoms with Gasteiger partial charge in [-0.3, -0.25) is 14.5 Å². The van der Waals surface area contributed by atoms with Crippen molar-refractivity contribution in [1.82, 2.24) is 10.2 Å². The van der Waals surface area contributed by atoms with E-state index < -0.39 is 5.91 Å². The van der Waals surface area contributed by atoms with Crippen LogP contribution in [-0.4, -0.2) is 35.8 Å². The first-order valence-corrected chi connectivity index (χ1v) is 9.07. The maximum atomic E-state index is 11.5. The van der Waals surface area contributed by atoms with E-state index in [2.05, 4.69) is 31.0 Å². The van der Waals surface area contributed by atoms with Crippen molar-refractivity contribution in [2.45, 2.75) is 58.5 Å². The molecule has 1 aliphatic heterocycles. The van der Waals surface area contributed by atoms with E-state index in [1.54, 1.807) is 13.0 Å². The summed E-state index contributed by atoms with van der Waals surface area (Å²) in [5, 5.41) is 3.12. The van der Waals surface area contributed by atoms with Crippen LogP contribution in [0.3, 0.4) is 0 Å². The van der Waals surface area contributed by atoms with Crippen LogP contribution in [0.2, 0.25) is 0 Å². The topological polar surface area (TPSA) is 88.6 Å². The molecule has 2 atom stereocenters. The lowest BCUT2D eigenvalue weighted by Crippen LogP contribution is -2.39.